The van der Waals surface area contributed by atoms with E-state index < -0.39 is 11.4 Å². The third-order valence-corrected chi connectivity index (χ3v) is 11.9. The van der Waals surface area contributed by atoms with Gasteiger partial charge >= 0.3 is 5.97 Å². The Kier molecular flexibility index (Phi) is 2.78. The average Bonchev–Trinajstić information content (AvgIpc) is 3.45. The van der Waals surface area contributed by atoms with Crippen molar-refractivity contribution in [3.8, 4) is 0 Å². The maximum Gasteiger partial charge on any atom is 0.310 e. The summed E-state index contributed by atoms with van der Waals surface area (Å²) in [5.41, 5.74) is -0.252. The van der Waals surface area contributed by atoms with Crippen molar-refractivity contribution >= 4 is 5.97 Å². The van der Waals surface area contributed by atoms with E-state index >= 15 is 0 Å². The van der Waals surface area contributed by atoms with E-state index in [0.717, 1.165) is 54.3 Å². The normalized spacial score (nSPS) is 64.3. The molecule has 0 heterocycles. The van der Waals surface area contributed by atoms with Gasteiger partial charge in [-0.1, -0.05) is 25.0 Å². The van der Waals surface area contributed by atoms with Crippen molar-refractivity contribution in [2.75, 3.05) is 0 Å². The average molecular weight is 367 g/mol. The Balaban J connectivity index is 1.47. The first-order valence-corrected chi connectivity index (χ1v) is 11.9. The molecule has 1 N–H and O–H groups in total. The van der Waals surface area contributed by atoms with E-state index in [1.807, 2.05) is 0 Å². The summed E-state index contributed by atoms with van der Waals surface area (Å²) in [6, 6.07) is 0. The molecule has 0 radical (unpaired) electrons. The fourth-order valence-electron chi connectivity index (χ4n) is 11.6. The third-order valence-electron chi connectivity index (χ3n) is 11.9. The van der Waals surface area contributed by atoms with E-state index in [2.05, 4.69) is 19.1 Å². The van der Waals surface area contributed by atoms with E-state index in [1.54, 1.807) is 0 Å². The quantitative estimate of drug-likeness (QED) is 0.515. The zero-order valence-corrected chi connectivity index (χ0v) is 16.7. The van der Waals surface area contributed by atoms with Gasteiger partial charge in [-0.05, 0) is 111 Å². The minimum absolute atomic E-state index is 0.0462. The number of hydrogen-bond acceptors (Lipinski definition) is 1. The number of hydrogen-bond donors (Lipinski definition) is 1. The SMILES string of the molecule is CC1(C(=O)O)CC2C=CC1(C13CC(C4CCCCC41)C1C4CCC(C4)C13)C2. The largest absolute Gasteiger partial charge is 0.481 e. The Bertz CT molecular complexity index is 755. The second-order valence-corrected chi connectivity index (χ2v) is 12.0. The van der Waals surface area contributed by atoms with Crippen LogP contribution in [0.25, 0.3) is 0 Å². The number of carboxylic acids is 1. The van der Waals surface area contributed by atoms with Gasteiger partial charge in [-0.15, -0.1) is 0 Å². The smallest absolute Gasteiger partial charge is 0.310 e. The molecule has 0 aliphatic heterocycles. The Labute approximate surface area is 163 Å². The number of carbonyl (C=O) groups is 1. The summed E-state index contributed by atoms with van der Waals surface area (Å²) in [6.07, 6.45) is 18.5. The highest BCUT2D eigenvalue weighted by atomic mass is 16.4. The number of carboxylic acid groups (broad SMARTS) is 1. The van der Waals surface area contributed by atoms with E-state index in [-0.39, 0.29) is 5.41 Å². The fourth-order valence-corrected chi connectivity index (χ4v) is 11.6. The molecule has 27 heavy (non-hydrogen) atoms. The second kappa shape index (κ2) is 4.68. The molecule has 6 fully saturated rings. The molecule has 11 unspecified atom stereocenters. The molecule has 0 saturated heterocycles. The van der Waals surface area contributed by atoms with Crippen molar-refractivity contribution < 1.29 is 9.90 Å². The molecular formula is C25H34O2. The molecule has 146 valence electrons. The van der Waals surface area contributed by atoms with Gasteiger partial charge in [0, 0.05) is 5.41 Å². The standard InChI is InChI=1S/C25H34O2/c1-23(22(26)27)11-14-8-9-24(23,12-14)25-13-18(17-4-2-3-5-19(17)25)20-15-6-7-16(10-15)21(20)25/h8-9,14-21H,2-7,10-13H2,1H3,(H,26,27). The van der Waals surface area contributed by atoms with Crippen LogP contribution in [-0.2, 0) is 4.79 Å². The highest BCUT2D eigenvalue weighted by Gasteiger charge is 2.81. The van der Waals surface area contributed by atoms with Crippen molar-refractivity contribution in [3.05, 3.63) is 12.2 Å². The van der Waals surface area contributed by atoms with Crippen molar-refractivity contribution in [2.24, 2.45) is 63.6 Å². The lowest BCUT2D eigenvalue weighted by Crippen LogP contribution is -2.59. The van der Waals surface area contributed by atoms with E-state index in [4.69, 9.17) is 0 Å². The van der Waals surface area contributed by atoms with Crippen LogP contribution in [0.3, 0.4) is 0 Å². The maximum atomic E-state index is 12.7. The van der Waals surface area contributed by atoms with Gasteiger partial charge in [0.05, 0.1) is 5.41 Å². The van der Waals surface area contributed by atoms with Crippen molar-refractivity contribution in [3.63, 3.8) is 0 Å². The lowest BCUT2D eigenvalue weighted by molar-refractivity contribution is -0.172. The fraction of sp³-hybridized carbons (Fsp3) is 0.880. The molecule has 6 saturated carbocycles. The zero-order chi connectivity index (χ0) is 18.2. The minimum Gasteiger partial charge on any atom is -0.481 e. The van der Waals surface area contributed by atoms with Gasteiger partial charge in [0.1, 0.15) is 0 Å². The summed E-state index contributed by atoms with van der Waals surface area (Å²) in [7, 11) is 0. The third kappa shape index (κ3) is 1.47. The molecule has 7 aliphatic rings. The van der Waals surface area contributed by atoms with Crippen molar-refractivity contribution in [1.82, 2.24) is 0 Å². The van der Waals surface area contributed by atoms with Crippen LogP contribution in [0, 0.1) is 63.6 Å². The molecule has 0 amide bonds. The van der Waals surface area contributed by atoms with Gasteiger partial charge in [-0.25, -0.2) is 0 Å². The number of rotatable bonds is 2. The monoisotopic (exact) mass is 366 g/mol. The first kappa shape index (κ1) is 16.1. The molecule has 0 aromatic heterocycles. The number of aliphatic carboxylic acids is 1. The molecule has 7 aliphatic carbocycles. The Morgan fingerprint density at radius 1 is 1.00 bits per heavy atom. The van der Waals surface area contributed by atoms with Crippen LogP contribution < -0.4 is 0 Å². The molecule has 0 aromatic rings. The first-order valence-electron chi connectivity index (χ1n) is 11.9. The number of fused-ring (bicyclic) bond motifs is 15. The minimum atomic E-state index is -0.528. The summed E-state index contributed by atoms with van der Waals surface area (Å²) >= 11 is 0. The molecule has 2 nitrogen and oxygen atoms in total. The predicted molar refractivity (Wildman–Crippen MR) is 104 cm³/mol. The molecular weight excluding hydrogens is 332 g/mol. The molecule has 0 aromatic carbocycles. The van der Waals surface area contributed by atoms with Gasteiger partial charge in [-0.3, -0.25) is 4.79 Å². The lowest BCUT2D eigenvalue weighted by Gasteiger charge is -2.61. The van der Waals surface area contributed by atoms with Gasteiger partial charge in [0.15, 0.2) is 0 Å². The molecule has 7 rings (SSSR count). The summed E-state index contributed by atoms with van der Waals surface area (Å²) < 4.78 is 0. The van der Waals surface area contributed by atoms with Gasteiger partial charge in [0.25, 0.3) is 0 Å². The van der Waals surface area contributed by atoms with Crippen LogP contribution in [0.15, 0.2) is 12.2 Å². The Hall–Kier alpha value is -0.790. The van der Waals surface area contributed by atoms with E-state index in [1.165, 1.54) is 51.4 Å². The molecule has 2 heteroatoms. The highest BCUT2D eigenvalue weighted by Crippen LogP contribution is 2.86. The summed E-state index contributed by atoms with van der Waals surface area (Å²) in [5, 5.41) is 10.5. The van der Waals surface area contributed by atoms with Crippen molar-refractivity contribution in [1.29, 1.82) is 0 Å². The van der Waals surface area contributed by atoms with Crippen LogP contribution >= 0.6 is 0 Å². The first-order chi connectivity index (χ1) is 13.0. The molecule has 0 spiro atoms. The van der Waals surface area contributed by atoms with Crippen LogP contribution in [0.5, 0.6) is 0 Å². The summed E-state index contributed by atoms with van der Waals surface area (Å²) in [5.74, 6) is 6.47. The van der Waals surface area contributed by atoms with Gasteiger partial charge in [0.2, 0.25) is 0 Å². The number of allylic oxidation sites excluding steroid dienone is 2. The van der Waals surface area contributed by atoms with Crippen LogP contribution in [0.1, 0.15) is 71.1 Å². The Morgan fingerprint density at radius 3 is 2.63 bits per heavy atom. The van der Waals surface area contributed by atoms with Crippen LogP contribution in [-0.4, -0.2) is 11.1 Å². The highest BCUT2D eigenvalue weighted by molar-refractivity contribution is 5.77. The summed E-state index contributed by atoms with van der Waals surface area (Å²) in [4.78, 5) is 12.7. The van der Waals surface area contributed by atoms with Crippen LogP contribution in [0.2, 0.25) is 0 Å². The molecule has 11 atom stereocenters. The van der Waals surface area contributed by atoms with Gasteiger partial charge < -0.3 is 5.11 Å². The topological polar surface area (TPSA) is 37.3 Å². The lowest BCUT2D eigenvalue weighted by atomic mass is 9.42. The second-order valence-electron chi connectivity index (χ2n) is 12.0. The van der Waals surface area contributed by atoms with Crippen molar-refractivity contribution in [2.45, 2.75) is 71.1 Å². The van der Waals surface area contributed by atoms with Crippen LogP contribution in [0.4, 0.5) is 0 Å². The van der Waals surface area contributed by atoms with E-state index in [0.29, 0.717) is 11.3 Å². The maximum absolute atomic E-state index is 12.7. The predicted octanol–water partition coefficient (Wildman–Crippen LogP) is 5.53. The Morgan fingerprint density at radius 2 is 1.81 bits per heavy atom. The zero-order valence-electron chi connectivity index (χ0n) is 16.7. The molecule has 6 bridgehead atoms. The van der Waals surface area contributed by atoms with Gasteiger partial charge in [-0.2, -0.15) is 0 Å². The van der Waals surface area contributed by atoms with E-state index in [9.17, 15) is 9.90 Å². The summed E-state index contributed by atoms with van der Waals surface area (Å²) in [6.45, 7) is 2.15.